The number of rotatable bonds is 31. The average Bonchev–Trinajstić information content (AvgIpc) is 1.25. The first-order chi connectivity index (χ1) is 52.4. The predicted molar refractivity (Wildman–Crippen MR) is 409 cm³/mol. The predicted octanol–water partition coefficient (Wildman–Crippen LogP) is 16.2. The van der Waals surface area contributed by atoms with Gasteiger partial charge >= 0.3 is 47.2 Å². The van der Waals surface area contributed by atoms with Gasteiger partial charge in [0.05, 0.1) is 77.8 Å². The first-order valence-electron chi connectivity index (χ1n) is 38.8. The van der Waals surface area contributed by atoms with Crippen LogP contribution in [0.2, 0.25) is 0 Å². The summed E-state index contributed by atoms with van der Waals surface area (Å²) in [4.78, 5) is 54.9. The molecular weight excluding hydrogens is 1550 g/mol. The van der Waals surface area contributed by atoms with Crippen molar-refractivity contribution in [3.05, 3.63) is 91.0 Å². The molecule has 11 fully saturated rings. The lowest BCUT2D eigenvalue weighted by Crippen LogP contribution is -2.63. The maximum absolute atomic E-state index is 12.6. The Labute approximate surface area is 671 Å². The Morgan fingerprint density at radius 1 is 0.570 bits per heavy atom. The fraction of sp³-hybridized carbons (Fsp3) is 0.735. The monoisotopic (exact) mass is 1670 g/mol. The molecule has 14 rings (SSSR count). The number of esters is 4. The van der Waals surface area contributed by atoms with E-state index in [0.717, 1.165) is 76.4 Å². The fourth-order valence-electron chi connectivity index (χ4n) is 16.8. The second kappa shape index (κ2) is 41.7. The maximum Gasteiger partial charge on any atom is 0.460 e. The number of carbonyl (C=O) groups excluding carboxylic acids is 4. The van der Waals surface area contributed by atoms with Gasteiger partial charge in [0.15, 0.2) is 37.0 Å². The molecule has 11 aliphatic rings. The number of fused-ring (bicyclic) bond motifs is 1. The highest BCUT2D eigenvalue weighted by molar-refractivity contribution is 7.97. The highest BCUT2D eigenvalue weighted by atomic mass is 32.2. The van der Waals surface area contributed by atoms with Gasteiger partial charge in [-0.1, -0.05) is 97.1 Å². The van der Waals surface area contributed by atoms with Crippen LogP contribution in [0, 0.1) is 57.7 Å². The third-order valence-electron chi connectivity index (χ3n) is 23.6. The zero-order valence-electron chi connectivity index (χ0n) is 66.4. The summed E-state index contributed by atoms with van der Waals surface area (Å²) in [6.07, 6.45) is 7.95. The number of halogens is 9. The molecule has 8 saturated carbocycles. The summed E-state index contributed by atoms with van der Waals surface area (Å²) in [5.41, 5.74) is -2.30. The van der Waals surface area contributed by atoms with Crippen LogP contribution >= 0.6 is 0 Å². The number of aliphatic hydroxyl groups excluding tert-OH is 1. The standard InChI is InChI=1S/C18H30O2.C18H15S.C16H26O3.C13H18O5.C12H27NO6.C4HF9O3S.2CH4/c1-5-17(3,4)16(19)20-18(6-2)14-8-12-7-13(10-14)11-15(18)9-12;1-4-10-16(11-5-1)19(17-12-6-2-7-13-17)18-14-8-3-9-15-18;1-4-14(2,3)13(17)19-16-8-11-5-12(9-16)7-15(18,6-11)10-16;1-4-13(2,3)12(15)18-9-7-5-6-8(16-7)10(9)17-11(6)14;1-15-11-18-8-4-13(3-7-17-10-6-14)5-9-19-12-16-2;5-1(6,3(9,10)11)2(7,8)4(12,13)17(14,15)16;;/h12-15H,5-11H2,1-4H3;1-15H;11-12,18H,4-10H2,1-3H3;6-10H,4-5H2,1-3H3;14H,3-12H2,1-2H3;(H,14,15,16);2*1H4/q;+1;;;;;;/p-1. The van der Waals surface area contributed by atoms with Gasteiger partial charge in [-0.25, -0.2) is 8.42 Å². The molecule has 3 saturated heterocycles. The molecular formula is C83H124F9NO19S2. The van der Waals surface area contributed by atoms with Gasteiger partial charge < -0.3 is 62.1 Å². The molecule has 10 bridgehead atoms. The van der Waals surface area contributed by atoms with E-state index in [9.17, 15) is 76.8 Å². The van der Waals surface area contributed by atoms with Gasteiger partial charge in [-0.3, -0.25) is 24.1 Å². The molecule has 20 nitrogen and oxygen atoms in total. The van der Waals surface area contributed by atoms with Gasteiger partial charge in [0, 0.05) is 40.3 Å². The second-order valence-corrected chi connectivity index (χ2v) is 36.3. The lowest BCUT2D eigenvalue weighted by Gasteiger charge is -2.60. The summed E-state index contributed by atoms with van der Waals surface area (Å²) in [5.74, 6) is -11.2. The zero-order chi connectivity index (χ0) is 83.1. The van der Waals surface area contributed by atoms with Crippen molar-refractivity contribution >= 4 is 44.9 Å². The molecule has 0 radical (unpaired) electrons. The van der Waals surface area contributed by atoms with Crippen LogP contribution in [0.4, 0.5) is 39.5 Å². The third-order valence-corrected chi connectivity index (χ3v) is 26.8. The highest BCUT2D eigenvalue weighted by Crippen LogP contribution is 2.62. The summed E-state index contributed by atoms with van der Waals surface area (Å²) in [7, 11) is -4.24. The minimum atomic E-state index is -7.43. The van der Waals surface area contributed by atoms with Crippen molar-refractivity contribution in [3.8, 4) is 0 Å². The largest absolute Gasteiger partial charge is 0.743 e. The smallest absolute Gasteiger partial charge is 0.460 e. The van der Waals surface area contributed by atoms with Gasteiger partial charge in [0.1, 0.15) is 30.9 Å². The number of ether oxygens (including phenoxy) is 10. The first-order valence-corrected chi connectivity index (χ1v) is 41.4. The van der Waals surface area contributed by atoms with E-state index >= 15 is 0 Å². The Balaban J connectivity index is 0.000000244. The molecule has 3 aromatic rings. The van der Waals surface area contributed by atoms with Crippen LogP contribution in [0.1, 0.15) is 187 Å². The van der Waals surface area contributed by atoms with Crippen molar-refractivity contribution in [2.45, 2.75) is 266 Å². The van der Waals surface area contributed by atoms with Gasteiger partial charge in [-0.05, 0) is 210 Å². The van der Waals surface area contributed by atoms with E-state index in [4.69, 9.17) is 52.5 Å². The molecule has 3 aliphatic heterocycles. The Bertz CT molecular complexity index is 3420. The molecule has 0 spiro atoms. The van der Waals surface area contributed by atoms with Crippen molar-refractivity contribution in [1.82, 2.24) is 4.90 Å². The highest BCUT2D eigenvalue weighted by Gasteiger charge is 2.84. The molecule has 3 aromatic carbocycles. The molecule has 7 atom stereocenters. The van der Waals surface area contributed by atoms with Crippen molar-refractivity contribution in [2.75, 3.05) is 80.5 Å². The van der Waals surface area contributed by atoms with Crippen LogP contribution < -0.4 is 0 Å². The second-order valence-electron chi connectivity index (χ2n) is 32.9. The number of hydrogen-bond donors (Lipinski definition) is 2. The number of aliphatic hydroxyl groups is 2. The first kappa shape index (κ1) is 99.4. The van der Waals surface area contributed by atoms with Crippen LogP contribution in [0.3, 0.4) is 0 Å². The SMILES string of the molecule is C.C.CCC(C)(C)C(=O)OC1(CC)C2CC3CC(C2)CC1C3.CCC(C)(C)C(=O)OC12CC3CC(CC(O)(C3)C1)C2.CCC(C)(C)C(=O)OC1C2CC3C(=O)OC1C3O2.COCOCCN(CCOCCO)CCOCOC.O=S(=O)([O-])C(F)(F)C(F)(F)C(F)(F)C(F)(F)F.c1ccc([S+](c2ccccc2)c2ccccc2)cc1. The Kier molecular flexibility index (Phi) is 36.3. The van der Waals surface area contributed by atoms with E-state index in [2.05, 4.69) is 110 Å². The maximum atomic E-state index is 12.6. The van der Waals surface area contributed by atoms with Gasteiger partial charge in [0.2, 0.25) is 0 Å². The number of alkyl halides is 9. The Hall–Kier alpha value is -5.19. The minimum absolute atomic E-state index is 0. The summed E-state index contributed by atoms with van der Waals surface area (Å²) in [5, 5.41) is 12.2. The average molecular weight is 1680 g/mol. The lowest BCUT2D eigenvalue weighted by molar-refractivity contribution is -0.382. The minimum Gasteiger partial charge on any atom is -0.743 e. The zero-order valence-corrected chi connectivity index (χ0v) is 68.0. The van der Waals surface area contributed by atoms with Gasteiger partial charge in [-0.2, -0.15) is 39.5 Å². The normalized spacial score (nSPS) is 27.5. The summed E-state index contributed by atoms with van der Waals surface area (Å²) < 4.78 is 190. The number of nitrogens with zero attached hydrogens (tertiary/aromatic N) is 1. The number of hydrogen-bond acceptors (Lipinski definition) is 20. The van der Waals surface area contributed by atoms with E-state index < -0.39 is 62.0 Å². The summed E-state index contributed by atoms with van der Waals surface area (Å²) in [6, 6.07) is 32.2. The van der Waals surface area contributed by atoms with Gasteiger partial charge in [0.25, 0.3) is 0 Å². The number of methoxy groups -OCH3 is 2. The quantitative estimate of drug-likeness (QED) is 0.0115. The topological polar surface area (TPSA) is 261 Å². The van der Waals surface area contributed by atoms with E-state index in [1.54, 1.807) is 14.2 Å². The van der Waals surface area contributed by atoms with Crippen LogP contribution in [0.25, 0.3) is 0 Å². The summed E-state index contributed by atoms with van der Waals surface area (Å²) in [6.45, 7) is 25.1. The number of carbonyl (C=O) groups is 4. The molecule has 0 aromatic heterocycles. The fourth-order valence-corrected chi connectivity index (χ4v) is 19.3. The lowest BCUT2D eigenvalue weighted by atomic mass is 9.49. The van der Waals surface area contributed by atoms with E-state index in [0.29, 0.717) is 82.9 Å². The van der Waals surface area contributed by atoms with Crippen LogP contribution in [-0.4, -0.2) is 197 Å². The van der Waals surface area contributed by atoms with Crippen LogP contribution in [0.15, 0.2) is 106 Å². The number of benzene rings is 3. The molecule has 0 amide bonds. The molecule has 2 N–H and O–H groups in total. The van der Waals surface area contributed by atoms with Crippen molar-refractivity contribution in [3.63, 3.8) is 0 Å². The summed E-state index contributed by atoms with van der Waals surface area (Å²) >= 11 is 0. The van der Waals surface area contributed by atoms with Crippen molar-refractivity contribution in [1.29, 1.82) is 0 Å². The van der Waals surface area contributed by atoms with E-state index in [1.165, 1.54) is 53.2 Å². The van der Waals surface area contributed by atoms with E-state index in [1.807, 2.05) is 55.4 Å². The van der Waals surface area contributed by atoms with Gasteiger partial charge in [-0.15, -0.1) is 0 Å². The van der Waals surface area contributed by atoms with Crippen molar-refractivity contribution in [2.24, 2.45) is 57.7 Å². The molecule has 114 heavy (non-hydrogen) atoms. The molecule has 7 unspecified atom stereocenters. The molecule has 31 heteroatoms. The molecule has 3 heterocycles. The van der Waals surface area contributed by atoms with Crippen LogP contribution in [-0.2, 0) is 87.6 Å². The Morgan fingerprint density at radius 3 is 1.37 bits per heavy atom. The Morgan fingerprint density at radius 2 is 0.982 bits per heavy atom. The molecule has 650 valence electrons. The third kappa shape index (κ3) is 24.1. The molecule has 8 aliphatic carbocycles. The van der Waals surface area contributed by atoms with Crippen molar-refractivity contribution < 1.29 is 129 Å². The van der Waals surface area contributed by atoms with Crippen LogP contribution in [0.5, 0.6) is 0 Å². The van der Waals surface area contributed by atoms with E-state index in [-0.39, 0.29) is 91.0 Å².